The molecule has 1 saturated carbocycles. The molecule has 96 valence electrons. The summed E-state index contributed by atoms with van der Waals surface area (Å²) < 4.78 is 4.97. The van der Waals surface area contributed by atoms with E-state index in [0.717, 1.165) is 12.1 Å². The van der Waals surface area contributed by atoms with Gasteiger partial charge in [-0.3, -0.25) is 4.90 Å². The fraction of sp³-hybridized carbons (Fsp3) is 0.533. The number of amides is 1. The van der Waals surface area contributed by atoms with Crippen molar-refractivity contribution >= 4 is 11.8 Å². The number of ether oxygens (including phenoxy) is 1. The third-order valence-corrected chi connectivity index (χ3v) is 4.28. The Balaban J connectivity index is 2.04. The van der Waals surface area contributed by atoms with Crippen LogP contribution >= 0.6 is 0 Å². The van der Waals surface area contributed by atoms with E-state index >= 15 is 0 Å². The van der Waals surface area contributed by atoms with Crippen molar-refractivity contribution in [2.45, 2.75) is 44.1 Å². The number of carbonyl (C=O) groups is 1. The van der Waals surface area contributed by atoms with Crippen LogP contribution in [0.3, 0.4) is 0 Å². The first-order chi connectivity index (χ1) is 8.83. The number of nitrogens with zero attached hydrogens (tertiary/aromatic N) is 1. The lowest BCUT2D eigenvalue weighted by atomic mass is 9.91. The van der Waals surface area contributed by atoms with Gasteiger partial charge in [0.1, 0.15) is 0 Å². The number of rotatable bonds is 0. The Hall–Kier alpha value is -1.51. The summed E-state index contributed by atoms with van der Waals surface area (Å²) in [5.74, 6) is 0.503. The molecule has 3 heteroatoms. The van der Waals surface area contributed by atoms with Crippen molar-refractivity contribution in [1.82, 2.24) is 0 Å². The molecular formula is C15H19NO2. The standard InChI is InChI=1S/C15H19NO2/c1-18-15(17)16-13-9-4-2-3-7-11(13)12-8-5-6-10-14(12)16/h5-6,8,10-11,13H,2-4,7,9H2,1H3/t11-,13+/m0/s1. The summed E-state index contributed by atoms with van der Waals surface area (Å²) in [5, 5.41) is 0. The van der Waals surface area contributed by atoms with Crippen LogP contribution in [0.25, 0.3) is 0 Å². The Kier molecular flexibility index (Phi) is 2.98. The second-order valence-electron chi connectivity index (χ2n) is 5.21. The average molecular weight is 245 g/mol. The van der Waals surface area contributed by atoms with Crippen molar-refractivity contribution in [3.8, 4) is 0 Å². The maximum absolute atomic E-state index is 12.0. The number of fused-ring (bicyclic) bond motifs is 3. The summed E-state index contributed by atoms with van der Waals surface area (Å²) in [7, 11) is 1.47. The summed E-state index contributed by atoms with van der Waals surface area (Å²) >= 11 is 0. The summed E-state index contributed by atoms with van der Waals surface area (Å²) in [4.78, 5) is 13.9. The molecule has 0 bridgehead atoms. The van der Waals surface area contributed by atoms with Gasteiger partial charge in [0, 0.05) is 12.0 Å². The van der Waals surface area contributed by atoms with Crippen molar-refractivity contribution in [2.75, 3.05) is 12.0 Å². The van der Waals surface area contributed by atoms with E-state index in [1.807, 2.05) is 17.0 Å². The van der Waals surface area contributed by atoms with E-state index in [-0.39, 0.29) is 6.09 Å². The number of anilines is 1. The van der Waals surface area contributed by atoms with E-state index in [9.17, 15) is 4.79 Å². The molecule has 0 spiro atoms. The molecule has 0 saturated heterocycles. The molecule has 0 unspecified atom stereocenters. The lowest BCUT2D eigenvalue weighted by molar-refractivity contribution is 0.175. The lowest BCUT2D eigenvalue weighted by Crippen LogP contribution is -2.38. The van der Waals surface area contributed by atoms with Gasteiger partial charge in [0.05, 0.1) is 12.8 Å². The normalized spacial score (nSPS) is 26.2. The van der Waals surface area contributed by atoms with Gasteiger partial charge in [-0.1, -0.05) is 37.5 Å². The van der Waals surface area contributed by atoms with Crippen molar-refractivity contribution in [3.63, 3.8) is 0 Å². The first-order valence-corrected chi connectivity index (χ1v) is 6.79. The van der Waals surface area contributed by atoms with E-state index in [2.05, 4.69) is 12.1 Å². The number of para-hydroxylation sites is 1. The zero-order chi connectivity index (χ0) is 12.5. The van der Waals surface area contributed by atoms with Crippen LogP contribution in [0.5, 0.6) is 0 Å². The van der Waals surface area contributed by atoms with Crippen LogP contribution < -0.4 is 4.90 Å². The second kappa shape index (κ2) is 4.63. The number of methoxy groups -OCH3 is 1. The third-order valence-electron chi connectivity index (χ3n) is 4.28. The van der Waals surface area contributed by atoms with E-state index in [4.69, 9.17) is 4.74 Å². The molecule has 3 nitrogen and oxygen atoms in total. The van der Waals surface area contributed by atoms with Crippen LogP contribution in [0.4, 0.5) is 10.5 Å². The number of carbonyl (C=O) groups excluding carboxylic acids is 1. The highest BCUT2D eigenvalue weighted by atomic mass is 16.5. The van der Waals surface area contributed by atoms with Crippen molar-refractivity contribution in [1.29, 1.82) is 0 Å². The minimum absolute atomic E-state index is 0.211. The van der Waals surface area contributed by atoms with E-state index in [0.29, 0.717) is 12.0 Å². The fourth-order valence-corrected chi connectivity index (χ4v) is 3.49. The quantitative estimate of drug-likeness (QED) is 0.697. The molecule has 1 aromatic carbocycles. The van der Waals surface area contributed by atoms with Gasteiger partial charge in [-0.25, -0.2) is 4.79 Å². The zero-order valence-electron chi connectivity index (χ0n) is 10.8. The van der Waals surface area contributed by atoms with Crippen LogP contribution in [0.1, 0.15) is 43.6 Å². The number of hydrogen-bond acceptors (Lipinski definition) is 2. The highest BCUT2D eigenvalue weighted by Gasteiger charge is 2.41. The van der Waals surface area contributed by atoms with Gasteiger partial charge < -0.3 is 4.74 Å². The van der Waals surface area contributed by atoms with Gasteiger partial charge >= 0.3 is 6.09 Å². The molecule has 3 rings (SSSR count). The Morgan fingerprint density at radius 1 is 1.22 bits per heavy atom. The molecule has 0 radical (unpaired) electrons. The van der Waals surface area contributed by atoms with Crippen LogP contribution in [0.15, 0.2) is 24.3 Å². The van der Waals surface area contributed by atoms with Crippen LogP contribution in [0, 0.1) is 0 Å². The van der Waals surface area contributed by atoms with Crippen molar-refractivity contribution in [3.05, 3.63) is 29.8 Å². The topological polar surface area (TPSA) is 29.5 Å². The predicted octanol–water partition coefficient (Wildman–Crippen LogP) is 3.69. The van der Waals surface area contributed by atoms with Crippen molar-refractivity contribution < 1.29 is 9.53 Å². The van der Waals surface area contributed by atoms with Gasteiger partial charge in [-0.15, -0.1) is 0 Å². The third kappa shape index (κ3) is 1.69. The predicted molar refractivity (Wildman–Crippen MR) is 70.9 cm³/mol. The molecule has 18 heavy (non-hydrogen) atoms. The molecule has 0 N–H and O–H groups in total. The zero-order valence-corrected chi connectivity index (χ0v) is 10.8. The van der Waals surface area contributed by atoms with Crippen LogP contribution in [0.2, 0.25) is 0 Å². The van der Waals surface area contributed by atoms with E-state index in [1.165, 1.54) is 38.4 Å². The van der Waals surface area contributed by atoms with E-state index < -0.39 is 0 Å². The smallest absolute Gasteiger partial charge is 0.414 e. The van der Waals surface area contributed by atoms with Gasteiger partial charge in [-0.05, 0) is 24.5 Å². The highest BCUT2D eigenvalue weighted by Crippen LogP contribution is 2.46. The first-order valence-electron chi connectivity index (χ1n) is 6.79. The Bertz CT molecular complexity index is 458. The minimum atomic E-state index is -0.211. The van der Waals surface area contributed by atoms with Crippen LogP contribution in [-0.4, -0.2) is 19.2 Å². The fourth-order valence-electron chi connectivity index (χ4n) is 3.49. The largest absolute Gasteiger partial charge is 0.452 e. The van der Waals surface area contributed by atoms with Gasteiger partial charge in [0.15, 0.2) is 0 Å². The SMILES string of the molecule is COC(=O)N1c2ccccc2[C@@H]2CCCCC[C@H]21. The first kappa shape index (κ1) is 11.6. The van der Waals surface area contributed by atoms with Gasteiger partial charge in [0.25, 0.3) is 0 Å². The molecule has 1 fully saturated rings. The van der Waals surface area contributed by atoms with Gasteiger partial charge in [0.2, 0.25) is 0 Å². The molecule has 1 aliphatic carbocycles. The second-order valence-corrected chi connectivity index (χ2v) is 5.21. The molecule has 1 aromatic rings. The average Bonchev–Trinajstić information content (AvgIpc) is 2.57. The monoisotopic (exact) mass is 245 g/mol. The molecule has 2 atom stereocenters. The maximum atomic E-state index is 12.0. The summed E-state index contributed by atoms with van der Waals surface area (Å²) in [5.41, 5.74) is 2.39. The Morgan fingerprint density at radius 3 is 2.83 bits per heavy atom. The Morgan fingerprint density at radius 2 is 2.00 bits per heavy atom. The van der Waals surface area contributed by atoms with Crippen molar-refractivity contribution in [2.24, 2.45) is 0 Å². The maximum Gasteiger partial charge on any atom is 0.414 e. The Labute approximate surface area is 108 Å². The van der Waals surface area contributed by atoms with Gasteiger partial charge in [-0.2, -0.15) is 0 Å². The molecular weight excluding hydrogens is 226 g/mol. The summed E-state index contributed by atoms with van der Waals surface area (Å²) in [6.45, 7) is 0. The highest BCUT2D eigenvalue weighted by molar-refractivity contribution is 5.91. The van der Waals surface area contributed by atoms with E-state index in [1.54, 1.807) is 0 Å². The lowest BCUT2D eigenvalue weighted by Gasteiger charge is -2.26. The molecule has 0 aromatic heterocycles. The number of benzene rings is 1. The molecule has 1 amide bonds. The minimum Gasteiger partial charge on any atom is -0.452 e. The molecule has 2 aliphatic rings. The summed E-state index contributed by atoms with van der Waals surface area (Å²) in [6, 6.07) is 8.58. The molecule has 1 aliphatic heterocycles. The number of hydrogen-bond donors (Lipinski definition) is 0. The van der Waals surface area contributed by atoms with Crippen LogP contribution in [-0.2, 0) is 4.74 Å². The summed E-state index contributed by atoms with van der Waals surface area (Å²) in [6.07, 6.45) is 5.83. The molecule has 1 heterocycles.